The summed E-state index contributed by atoms with van der Waals surface area (Å²) in [6, 6.07) is 6.37. The standard InChI is InChI=1S/C12H18N2O.ClH/c13-6-1-2-11(14)9-3-4-12-10(8-9)5-7-15-12;/h3-4,8,11H,1-2,5-7,13-14H2;1H/t11-;/m0./s1. The molecule has 0 bridgehead atoms. The number of ether oxygens (including phenoxy) is 1. The van der Waals surface area contributed by atoms with Gasteiger partial charge in [-0.1, -0.05) is 12.1 Å². The van der Waals surface area contributed by atoms with Crippen LogP contribution < -0.4 is 16.2 Å². The molecule has 90 valence electrons. The maximum Gasteiger partial charge on any atom is 0.122 e. The molecular formula is C12H19ClN2O. The molecule has 0 saturated heterocycles. The number of nitrogens with two attached hydrogens (primary N) is 2. The minimum Gasteiger partial charge on any atom is -0.493 e. The summed E-state index contributed by atoms with van der Waals surface area (Å²) in [7, 11) is 0. The first-order chi connectivity index (χ1) is 7.31. The van der Waals surface area contributed by atoms with E-state index < -0.39 is 0 Å². The van der Waals surface area contributed by atoms with Crippen molar-refractivity contribution in [3.8, 4) is 5.75 Å². The van der Waals surface area contributed by atoms with Crippen LogP contribution in [-0.2, 0) is 6.42 Å². The average Bonchev–Trinajstić information content (AvgIpc) is 2.72. The largest absolute Gasteiger partial charge is 0.493 e. The van der Waals surface area contributed by atoms with Crippen LogP contribution in [0.2, 0.25) is 0 Å². The SMILES string of the molecule is Cl.NCCC[C@H](N)c1ccc2c(c1)CCO2. The van der Waals surface area contributed by atoms with Gasteiger partial charge in [-0.15, -0.1) is 12.4 Å². The molecule has 1 aromatic rings. The van der Waals surface area contributed by atoms with Gasteiger partial charge in [-0.25, -0.2) is 0 Å². The molecule has 0 radical (unpaired) electrons. The average molecular weight is 243 g/mol. The highest BCUT2D eigenvalue weighted by atomic mass is 35.5. The summed E-state index contributed by atoms with van der Waals surface area (Å²) in [5.74, 6) is 1.02. The van der Waals surface area contributed by atoms with Gasteiger partial charge >= 0.3 is 0 Å². The van der Waals surface area contributed by atoms with Gasteiger partial charge in [0, 0.05) is 12.5 Å². The third kappa shape index (κ3) is 2.88. The summed E-state index contributed by atoms with van der Waals surface area (Å²) in [4.78, 5) is 0. The molecule has 1 atom stereocenters. The number of halogens is 1. The van der Waals surface area contributed by atoms with E-state index in [4.69, 9.17) is 16.2 Å². The molecule has 0 saturated carbocycles. The molecule has 0 unspecified atom stereocenters. The molecule has 0 amide bonds. The lowest BCUT2D eigenvalue weighted by atomic mass is 10.00. The molecule has 0 fully saturated rings. The number of hydrogen-bond acceptors (Lipinski definition) is 3. The van der Waals surface area contributed by atoms with Gasteiger partial charge in [-0.2, -0.15) is 0 Å². The number of fused-ring (bicyclic) bond motifs is 1. The van der Waals surface area contributed by atoms with Gasteiger partial charge in [0.1, 0.15) is 5.75 Å². The Morgan fingerprint density at radius 1 is 1.38 bits per heavy atom. The van der Waals surface area contributed by atoms with Crippen LogP contribution in [-0.4, -0.2) is 13.2 Å². The van der Waals surface area contributed by atoms with Crippen molar-refractivity contribution in [1.82, 2.24) is 0 Å². The van der Waals surface area contributed by atoms with Crippen LogP contribution in [0.1, 0.15) is 30.0 Å². The Hall–Kier alpha value is -0.770. The van der Waals surface area contributed by atoms with E-state index in [0.717, 1.165) is 31.6 Å². The highest BCUT2D eigenvalue weighted by molar-refractivity contribution is 5.85. The predicted molar refractivity (Wildman–Crippen MR) is 68.1 cm³/mol. The minimum absolute atomic E-state index is 0. The lowest BCUT2D eigenvalue weighted by Gasteiger charge is -2.12. The van der Waals surface area contributed by atoms with Crippen molar-refractivity contribution in [2.45, 2.75) is 25.3 Å². The van der Waals surface area contributed by atoms with Gasteiger partial charge in [0.25, 0.3) is 0 Å². The van der Waals surface area contributed by atoms with Crippen molar-refractivity contribution in [3.05, 3.63) is 29.3 Å². The second kappa shape index (κ2) is 6.09. The Morgan fingerprint density at radius 3 is 2.94 bits per heavy atom. The Balaban J connectivity index is 0.00000128. The summed E-state index contributed by atoms with van der Waals surface area (Å²) < 4.78 is 5.45. The fourth-order valence-corrected chi connectivity index (χ4v) is 1.94. The van der Waals surface area contributed by atoms with Crippen molar-refractivity contribution in [2.24, 2.45) is 11.5 Å². The first kappa shape index (κ1) is 13.3. The Labute approximate surface area is 103 Å². The van der Waals surface area contributed by atoms with Crippen LogP contribution in [0, 0.1) is 0 Å². The van der Waals surface area contributed by atoms with E-state index >= 15 is 0 Å². The van der Waals surface area contributed by atoms with Gasteiger partial charge < -0.3 is 16.2 Å². The maximum atomic E-state index is 6.08. The first-order valence-corrected chi connectivity index (χ1v) is 5.52. The zero-order chi connectivity index (χ0) is 10.7. The van der Waals surface area contributed by atoms with Crippen LogP contribution in [0.15, 0.2) is 18.2 Å². The van der Waals surface area contributed by atoms with Crippen molar-refractivity contribution < 1.29 is 4.74 Å². The molecule has 1 aliphatic heterocycles. The zero-order valence-corrected chi connectivity index (χ0v) is 10.1. The van der Waals surface area contributed by atoms with Gasteiger partial charge in [0.2, 0.25) is 0 Å². The Kier molecular flexibility index (Phi) is 5.06. The summed E-state index contributed by atoms with van der Waals surface area (Å²) in [6.07, 6.45) is 2.94. The van der Waals surface area contributed by atoms with Crippen molar-refractivity contribution in [2.75, 3.05) is 13.2 Å². The van der Waals surface area contributed by atoms with E-state index in [0.29, 0.717) is 6.54 Å². The number of benzene rings is 1. The van der Waals surface area contributed by atoms with Crippen LogP contribution in [0.3, 0.4) is 0 Å². The zero-order valence-electron chi connectivity index (χ0n) is 9.32. The maximum absolute atomic E-state index is 6.08. The van der Waals surface area contributed by atoms with Gasteiger partial charge in [-0.3, -0.25) is 0 Å². The Bertz CT molecular complexity index is 344. The minimum atomic E-state index is 0. The van der Waals surface area contributed by atoms with Crippen LogP contribution >= 0.6 is 12.4 Å². The van der Waals surface area contributed by atoms with Crippen molar-refractivity contribution >= 4 is 12.4 Å². The summed E-state index contributed by atoms with van der Waals surface area (Å²) >= 11 is 0. The summed E-state index contributed by atoms with van der Waals surface area (Å²) in [5, 5.41) is 0. The molecular weight excluding hydrogens is 224 g/mol. The van der Waals surface area contributed by atoms with Crippen LogP contribution in [0.4, 0.5) is 0 Å². The Morgan fingerprint density at radius 2 is 2.19 bits per heavy atom. The molecule has 3 nitrogen and oxygen atoms in total. The predicted octanol–water partition coefficient (Wildman–Crippen LogP) is 1.78. The second-order valence-corrected chi connectivity index (χ2v) is 4.00. The van der Waals surface area contributed by atoms with E-state index in [2.05, 4.69) is 12.1 Å². The van der Waals surface area contributed by atoms with Gasteiger partial charge in [-0.05, 0) is 36.6 Å². The molecule has 1 aliphatic rings. The molecule has 2 rings (SSSR count). The van der Waals surface area contributed by atoms with E-state index in [1.165, 1.54) is 11.1 Å². The van der Waals surface area contributed by atoms with E-state index in [9.17, 15) is 0 Å². The number of hydrogen-bond donors (Lipinski definition) is 2. The third-order valence-electron chi connectivity index (χ3n) is 2.86. The lowest BCUT2D eigenvalue weighted by Crippen LogP contribution is -2.12. The van der Waals surface area contributed by atoms with Crippen LogP contribution in [0.25, 0.3) is 0 Å². The quantitative estimate of drug-likeness (QED) is 0.846. The molecule has 4 heteroatoms. The van der Waals surface area contributed by atoms with Crippen molar-refractivity contribution in [1.29, 1.82) is 0 Å². The second-order valence-electron chi connectivity index (χ2n) is 4.00. The van der Waals surface area contributed by atoms with Gasteiger partial charge in [0.05, 0.1) is 6.61 Å². The molecule has 16 heavy (non-hydrogen) atoms. The fraction of sp³-hybridized carbons (Fsp3) is 0.500. The lowest BCUT2D eigenvalue weighted by molar-refractivity contribution is 0.357. The summed E-state index contributed by atoms with van der Waals surface area (Å²) in [6.45, 7) is 1.51. The number of rotatable bonds is 4. The molecule has 0 aromatic heterocycles. The topological polar surface area (TPSA) is 61.3 Å². The molecule has 0 aliphatic carbocycles. The van der Waals surface area contributed by atoms with Gasteiger partial charge in [0.15, 0.2) is 0 Å². The van der Waals surface area contributed by atoms with E-state index in [-0.39, 0.29) is 18.4 Å². The first-order valence-electron chi connectivity index (χ1n) is 5.52. The smallest absolute Gasteiger partial charge is 0.122 e. The van der Waals surface area contributed by atoms with Crippen molar-refractivity contribution in [3.63, 3.8) is 0 Å². The molecule has 4 N–H and O–H groups in total. The fourth-order valence-electron chi connectivity index (χ4n) is 1.94. The van der Waals surface area contributed by atoms with E-state index in [1.54, 1.807) is 0 Å². The monoisotopic (exact) mass is 242 g/mol. The molecule has 1 heterocycles. The van der Waals surface area contributed by atoms with E-state index in [1.807, 2.05) is 6.07 Å². The normalized spacial score (nSPS) is 14.9. The molecule has 1 aromatic carbocycles. The highest BCUT2D eigenvalue weighted by Crippen LogP contribution is 2.28. The highest BCUT2D eigenvalue weighted by Gasteiger charge is 2.14. The molecule has 0 spiro atoms. The third-order valence-corrected chi connectivity index (χ3v) is 2.86. The van der Waals surface area contributed by atoms with Crippen LogP contribution in [0.5, 0.6) is 5.75 Å². The summed E-state index contributed by atoms with van der Waals surface area (Å²) in [5.41, 5.74) is 14.0.